The van der Waals surface area contributed by atoms with Crippen molar-refractivity contribution in [1.29, 1.82) is 0 Å². The molecule has 0 unspecified atom stereocenters. The minimum absolute atomic E-state index is 0.195. The van der Waals surface area contributed by atoms with Crippen LogP contribution >= 0.6 is 0 Å². The number of anilines is 1. The summed E-state index contributed by atoms with van der Waals surface area (Å²) in [6.07, 6.45) is 0.0586. The van der Waals surface area contributed by atoms with Crippen molar-refractivity contribution < 1.29 is 23.9 Å². The molecular weight excluding hydrogens is 286 g/mol. The third-order valence-corrected chi connectivity index (χ3v) is 3.00. The lowest BCUT2D eigenvalue weighted by Crippen LogP contribution is -2.34. The molecule has 0 radical (unpaired) electrons. The van der Waals surface area contributed by atoms with E-state index in [1.165, 1.54) is 31.2 Å². The first kappa shape index (κ1) is 17.7. The minimum Gasteiger partial charge on any atom is -0.465 e. The van der Waals surface area contributed by atoms with E-state index in [1.54, 1.807) is 27.7 Å². The summed E-state index contributed by atoms with van der Waals surface area (Å²) in [5.74, 6) is -0.582. The fourth-order valence-corrected chi connectivity index (χ4v) is 1.86. The molecule has 6 heteroatoms. The van der Waals surface area contributed by atoms with Crippen LogP contribution in [0, 0.1) is 6.92 Å². The van der Waals surface area contributed by atoms with Gasteiger partial charge in [-0.3, -0.25) is 9.69 Å². The van der Waals surface area contributed by atoms with Crippen LogP contribution < -0.4 is 4.90 Å². The van der Waals surface area contributed by atoms with Crippen LogP contribution in [0.2, 0.25) is 0 Å². The normalized spacial score (nSPS) is 10.8. The number of carbonyl (C=O) groups is 3. The molecule has 120 valence electrons. The Morgan fingerprint density at radius 1 is 1.23 bits per heavy atom. The number of hydrogen-bond donors (Lipinski definition) is 0. The van der Waals surface area contributed by atoms with E-state index in [4.69, 9.17) is 4.74 Å². The Hall–Kier alpha value is -2.37. The molecule has 0 bridgehead atoms. The van der Waals surface area contributed by atoms with Crippen molar-refractivity contribution in [3.8, 4) is 0 Å². The Morgan fingerprint density at radius 2 is 1.82 bits per heavy atom. The van der Waals surface area contributed by atoms with E-state index >= 15 is 0 Å². The number of amides is 1. The van der Waals surface area contributed by atoms with Crippen LogP contribution in [0.25, 0.3) is 0 Å². The van der Waals surface area contributed by atoms with E-state index in [2.05, 4.69) is 4.74 Å². The van der Waals surface area contributed by atoms with Crippen LogP contribution in [0.4, 0.5) is 10.5 Å². The molecule has 1 aromatic rings. The van der Waals surface area contributed by atoms with Crippen LogP contribution in [0.3, 0.4) is 0 Å². The van der Waals surface area contributed by atoms with Gasteiger partial charge in [0.1, 0.15) is 11.9 Å². The number of carbonyl (C=O) groups excluding carboxylic acids is 3. The van der Waals surface area contributed by atoms with Gasteiger partial charge in [-0.1, -0.05) is 0 Å². The van der Waals surface area contributed by atoms with Crippen molar-refractivity contribution in [2.75, 3.05) is 19.1 Å². The maximum Gasteiger partial charge on any atom is 0.414 e. The van der Waals surface area contributed by atoms with E-state index in [0.29, 0.717) is 23.1 Å². The first-order chi connectivity index (χ1) is 10.1. The topological polar surface area (TPSA) is 72.9 Å². The molecule has 0 aliphatic carbocycles. The highest BCUT2D eigenvalue weighted by Crippen LogP contribution is 2.26. The standard InChI is InChI=1S/C16H21NO5/c1-10-12(9-18)7-11(14(19)21-6)8-13(10)17(5)15(20)22-16(2,3)4/h7-9H,1-6H3. The molecule has 0 N–H and O–H groups in total. The second-order valence-corrected chi connectivity index (χ2v) is 5.86. The summed E-state index contributed by atoms with van der Waals surface area (Å²) in [6.45, 7) is 6.97. The smallest absolute Gasteiger partial charge is 0.414 e. The van der Waals surface area contributed by atoms with E-state index < -0.39 is 17.7 Å². The zero-order chi connectivity index (χ0) is 17.1. The molecule has 0 heterocycles. The summed E-state index contributed by atoms with van der Waals surface area (Å²) in [5.41, 5.74) is 0.858. The molecule has 0 saturated carbocycles. The third-order valence-electron chi connectivity index (χ3n) is 3.00. The number of hydrogen-bond acceptors (Lipinski definition) is 5. The van der Waals surface area contributed by atoms with Gasteiger partial charge in [0.05, 0.1) is 18.4 Å². The van der Waals surface area contributed by atoms with Crippen LogP contribution in [0.1, 0.15) is 47.1 Å². The molecule has 0 aliphatic rings. The first-order valence-electron chi connectivity index (χ1n) is 6.75. The predicted molar refractivity (Wildman–Crippen MR) is 82.5 cm³/mol. The summed E-state index contributed by atoms with van der Waals surface area (Å²) in [7, 11) is 2.77. The van der Waals surface area contributed by atoms with Gasteiger partial charge in [0.15, 0.2) is 0 Å². The lowest BCUT2D eigenvalue weighted by atomic mass is 10.0. The van der Waals surface area contributed by atoms with Gasteiger partial charge in [-0.05, 0) is 45.4 Å². The molecule has 0 atom stereocenters. The molecule has 0 aromatic heterocycles. The summed E-state index contributed by atoms with van der Waals surface area (Å²) in [5, 5.41) is 0. The third kappa shape index (κ3) is 4.07. The zero-order valence-corrected chi connectivity index (χ0v) is 13.7. The predicted octanol–water partition coefficient (Wildman–Crippen LogP) is 2.97. The van der Waals surface area contributed by atoms with E-state index in [-0.39, 0.29) is 5.56 Å². The number of esters is 1. The quantitative estimate of drug-likeness (QED) is 0.634. The average molecular weight is 307 g/mol. The lowest BCUT2D eigenvalue weighted by Gasteiger charge is -2.26. The number of rotatable bonds is 3. The first-order valence-corrected chi connectivity index (χ1v) is 6.75. The highest BCUT2D eigenvalue weighted by Gasteiger charge is 2.23. The van der Waals surface area contributed by atoms with Crippen molar-refractivity contribution in [3.63, 3.8) is 0 Å². The molecule has 0 saturated heterocycles. The van der Waals surface area contributed by atoms with E-state index in [9.17, 15) is 14.4 Å². The van der Waals surface area contributed by atoms with E-state index in [1.807, 2.05) is 0 Å². The van der Waals surface area contributed by atoms with Gasteiger partial charge in [0, 0.05) is 12.6 Å². The van der Waals surface area contributed by atoms with Crippen molar-refractivity contribution in [2.24, 2.45) is 0 Å². The van der Waals surface area contributed by atoms with Gasteiger partial charge in [-0.25, -0.2) is 9.59 Å². The maximum atomic E-state index is 12.2. The number of nitrogens with zero attached hydrogens (tertiary/aromatic N) is 1. The highest BCUT2D eigenvalue weighted by atomic mass is 16.6. The molecule has 6 nitrogen and oxygen atoms in total. The molecule has 1 amide bonds. The maximum absolute atomic E-state index is 12.2. The molecule has 0 aliphatic heterocycles. The summed E-state index contributed by atoms with van der Waals surface area (Å²) in [4.78, 5) is 36.3. The largest absolute Gasteiger partial charge is 0.465 e. The Bertz CT molecular complexity index is 601. The Labute approximate surface area is 130 Å². The number of ether oxygens (including phenoxy) is 2. The van der Waals surface area contributed by atoms with Crippen molar-refractivity contribution in [3.05, 3.63) is 28.8 Å². The van der Waals surface area contributed by atoms with Gasteiger partial charge in [-0.2, -0.15) is 0 Å². The Balaban J connectivity index is 3.30. The summed E-state index contributed by atoms with van der Waals surface area (Å²) >= 11 is 0. The zero-order valence-electron chi connectivity index (χ0n) is 13.7. The molecule has 0 fully saturated rings. The van der Waals surface area contributed by atoms with Gasteiger partial charge >= 0.3 is 12.1 Å². The van der Waals surface area contributed by atoms with E-state index in [0.717, 1.165) is 0 Å². The van der Waals surface area contributed by atoms with Crippen molar-refractivity contribution >= 4 is 24.0 Å². The minimum atomic E-state index is -0.646. The number of benzene rings is 1. The van der Waals surface area contributed by atoms with Crippen LogP contribution in [0.15, 0.2) is 12.1 Å². The molecule has 1 aromatic carbocycles. The van der Waals surface area contributed by atoms with Crippen molar-refractivity contribution in [1.82, 2.24) is 0 Å². The summed E-state index contributed by atoms with van der Waals surface area (Å²) in [6, 6.07) is 2.93. The van der Waals surface area contributed by atoms with Crippen LogP contribution in [-0.4, -0.2) is 38.1 Å². The fraction of sp³-hybridized carbons (Fsp3) is 0.438. The molecule has 1 rings (SSSR count). The Morgan fingerprint density at radius 3 is 2.27 bits per heavy atom. The molecule has 22 heavy (non-hydrogen) atoms. The fourth-order valence-electron chi connectivity index (χ4n) is 1.86. The van der Waals surface area contributed by atoms with Gasteiger partial charge in [-0.15, -0.1) is 0 Å². The second-order valence-electron chi connectivity index (χ2n) is 5.86. The molecular formula is C16H21NO5. The monoisotopic (exact) mass is 307 g/mol. The van der Waals surface area contributed by atoms with Gasteiger partial charge in [0.2, 0.25) is 0 Å². The highest BCUT2D eigenvalue weighted by molar-refractivity contribution is 5.97. The lowest BCUT2D eigenvalue weighted by molar-refractivity contribution is 0.0579. The second kappa shape index (κ2) is 6.60. The number of methoxy groups -OCH3 is 1. The van der Waals surface area contributed by atoms with Crippen LogP contribution in [0.5, 0.6) is 0 Å². The van der Waals surface area contributed by atoms with Gasteiger partial charge < -0.3 is 9.47 Å². The van der Waals surface area contributed by atoms with Gasteiger partial charge in [0.25, 0.3) is 0 Å². The Kier molecular flexibility index (Phi) is 5.30. The number of aldehydes is 1. The molecule has 0 spiro atoms. The van der Waals surface area contributed by atoms with Crippen LogP contribution in [-0.2, 0) is 9.47 Å². The van der Waals surface area contributed by atoms with Crippen molar-refractivity contribution in [2.45, 2.75) is 33.3 Å². The average Bonchev–Trinajstić information content (AvgIpc) is 2.44. The summed E-state index contributed by atoms with van der Waals surface area (Å²) < 4.78 is 9.95. The SMILES string of the molecule is COC(=O)c1cc(C=O)c(C)c(N(C)C(=O)OC(C)(C)C)c1.